The fourth-order valence-electron chi connectivity index (χ4n) is 2.76. The third-order valence-electron chi connectivity index (χ3n) is 4.15. The first-order valence-electron chi connectivity index (χ1n) is 8.26. The second-order valence-corrected chi connectivity index (χ2v) is 5.97. The first-order valence-corrected chi connectivity index (χ1v) is 8.26. The van der Waals surface area contributed by atoms with Crippen molar-refractivity contribution >= 4 is 17.5 Å². The molecular formula is C20H18F3NO2. The minimum absolute atomic E-state index is 0.252. The molecule has 1 aliphatic heterocycles. The number of benzene rings is 2. The Morgan fingerprint density at radius 3 is 2.50 bits per heavy atom. The summed E-state index contributed by atoms with van der Waals surface area (Å²) in [6.45, 7) is 2.82. The number of halogens is 3. The molecule has 1 aliphatic rings. The van der Waals surface area contributed by atoms with Crippen LogP contribution in [0, 0.1) is 0 Å². The molecule has 0 aliphatic carbocycles. The van der Waals surface area contributed by atoms with Crippen LogP contribution in [0.1, 0.15) is 21.5 Å². The molecule has 136 valence electrons. The van der Waals surface area contributed by atoms with Crippen LogP contribution in [0.25, 0.3) is 6.08 Å². The monoisotopic (exact) mass is 361 g/mol. The van der Waals surface area contributed by atoms with Gasteiger partial charge in [0.15, 0.2) is 5.78 Å². The third kappa shape index (κ3) is 4.52. The van der Waals surface area contributed by atoms with Crippen LogP contribution in [0.5, 0.6) is 0 Å². The van der Waals surface area contributed by atoms with Crippen LogP contribution in [0.15, 0.2) is 54.6 Å². The Labute approximate surface area is 149 Å². The fraction of sp³-hybridized carbons (Fsp3) is 0.250. The molecule has 3 nitrogen and oxygen atoms in total. The number of hydrogen-bond donors (Lipinski definition) is 0. The zero-order valence-electron chi connectivity index (χ0n) is 14.0. The van der Waals surface area contributed by atoms with Gasteiger partial charge in [-0.2, -0.15) is 13.2 Å². The van der Waals surface area contributed by atoms with Gasteiger partial charge in [0.1, 0.15) is 0 Å². The van der Waals surface area contributed by atoms with Crippen molar-refractivity contribution in [2.24, 2.45) is 0 Å². The van der Waals surface area contributed by atoms with Crippen molar-refractivity contribution in [1.29, 1.82) is 0 Å². The SMILES string of the molecule is O=C(C=Cc1cccc(C(F)(F)F)c1)c1cccc(N2CCOCC2)c1. The van der Waals surface area contributed by atoms with Crippen molar-refractivity contribution in [2.75, 3.05) is 31.2 Å². The molecule has 2 aromatic rings. The normalized spacial score (nSPS) is 15.4. The average Bonchev–Trinajstić information content (AvgIpc) is 2.66. The molecule has 0 saturated carbocycles. The molecule has 0 amide bonds. The maximum atomic E-state index is 12.7. The third-order valence-corrected chi connectivity index (χ3v) is 4.15. The topological polar surface area (TPSA) is 29.5 Å². The quantitative estimate of drug-likeness (QED) is 0.596. The molecule has 3 rings (SSSR count). The highest BCUT2D eigenvalue weighted by Gasteiger charge is 2.30. The Balaban J connectivity index is 1.75. The lowest BCUT2D eigenvalue weighted by Crippen LogP contribution is -2.36. The van der Waals surface area contributed by atoms with Gasteiger partial charge in [-0.05, 0) is 35.9 Å². The minimum Gasteiger partial charge on any atom is -0.378 e. The molecule has 6 heteroatoms. The maximum Gasteiger partial charge on any atom is 0.416 e. The zero-order valence-corrected chi connectivity index (χ0v) is 14.0. The Kier molecular flexibility index (Phi) is 5.42. The second kappa shape index (κ2) is 7.74. The van der Waals surface area contributed by atoms with Gasteiger partial charge in [-0.1, -0.05) is 30.3 Å². The molecule has 1 heterocycles. The highest BCUT2D eigenvalue weighted by molar-refractivity contribution is 6.07. The molecule has 26 heavy (non-hydrogen) atoms. The van der Waals surface area contributed by atoms with Crippen LogP contribution >= 0.6 is 0 Å². The summed E-state index contributed by atoms with van der Waals surface area (Å²) in [5.41, 5.74) is 1.03. The van der Waals surface area contributed by atoms with Gasteiger partial charge >= 0.3 is 6.18 Å². The average molecular weight is 361 g/mol. The number of ketones is 1. The van der Waals surface area contributed by atoms with Crippen LogP contribution in [0.3, 0.4) is 0 Å². The van der Waals surface area contributed by atoms with Gasteiger partial charge in [0.2, 0.25) is 0 Å². The number of allylic oxidation sites excluding steroid dienone is 1. The summed E-state index contributed by atoms with van der Waals surface area (Å²) in [6, 6.07) is 12.1. The van der Waals surface area contributed by atoms with E-state index in [0.29, 0.717) is 24.3 Å². The largest absolute Gasteiger partial charge is 0.416 e. The molecule has 1 saturated heterocycles. The number of carbonyl (C=O) groups is 1. The highest BCUT2D eigenvalue weighted by atomic mass is 19.4. The van der Waals surface area contributed by atoms with Crippen molar-refractivity contribution in [3.05, 3.63) is 71.3 Å². The number of alkyl halides is 3. The molecule has 0 aromatic heterocycles. The first kappa shape index (κ1) is 18.2. The standard InChI is InChI=1S/C20H18F3NO2/c21-20(22,23)17-5-1-3-15(13-17)7-8-19(25)16-4-2-6-18(14-16)24-9-11-26-12-10-24/h1-8,13-14H,9-12H2. The van der Waals surface area contributed by atoms with Gasteiger partial charge in [0.25, 0.3) is 0 Å². The molecule has 0 unspecified atom stereocenters. The number of anilines is 1. The molecule has 0 radical (unpaired) electrons. The van der Waals surface area contributed by atoms with Crippen LogP contribution in [-0.4, -0.2) is 32.1 Å². The maximum absolute atomic E-state index is 12.7. The van der Waals surface area contributed by atoms with Gasteiger partial charge in [-0.25, -0.2) is 0 Å². The second-order valence-electron chi connectivity index (χ2n) is 5.97. The number of nitrogens with zero attached hydrogens (tertiary/aromatic N) is 1. The number of hydrogen-bond acceptors (Lipinski definition) is 3. The van der Waals surface area contributed by atoms with Gasteiger partial charge in [-0.3, -0.25) is 4.79 Å². The lowest BCUT2D eigenvalue weighted by Gasteiger charge is -2.29. The summed E-state index contributed by atoms with van der Waals surface area (Å²) in [7, 11) is 0. The Bertz CT molecular complexity index is 809. The van der Waals surface area contributed by atoms with Gasteiger partial charge in [0, 0.05) is 24.3 Å². The zero-order chi connectivity index (χ0) is 18.6. The smallest absolute Gasteiger partial charge is 0.378 e. The van der Waals surface area contributed by atoms with Crippen LogP contribution in [0.2, 0.25) is 0 Å². The molecule has 0 spiro atoms. The Morgan fingerprint density at radius 2 is 1.77 bits per heavy atom. The molecule has 0 bridgehead atoms. The number of morpholine rings is 1. The number of rotatable bonds is 4. The van der Waals surface area contributed by atoms with E-state index in [1.807, 2.05) is 6.07 Å². The molecular weight excluding hydrogens is 343 g/mol. The van der Waals surface area contributed by atoms with Crippen molar-refractivity contribution in [3.63, 3.8) is 0 Å². The Morgan fingerprint density at radius 1 is 1.04 bits per heavy atom. The summed E-state index contributed by atoms with van der Waals surface area (Å²) in [4.78, 5) is 14.5. The molecule has 1 fully saturated rings. The minimum atomic E-state index is -4.40. The van der Waals surface area contributed by atoms with Crippen molar-refractivity contribution in [2.45, 2.75) is 6.18 Å². The lowest BCUT2D eigenvalue weighted by atomic mass is 10.1. The summed E-state index contributed by atoms with van der Waals surface area (Å²) < 4.78 is 43.6. The summed E-state index contributed by atoms with van der Waals surface area (Å²) >= 11 is 0. The molecule has 0 N–H and O–H groups in total. The predicted molar refractivity (Wildman–Crippen MR) is 94.3 cm³/mol. The van der Waals surface area contributed by atoms with E-state index in [-0.39, 0.29) is 5.78 Å². The molecule has 2 aromatic carbocycles. The van der Waals surface area contributed by atoms with E-state index in [1.54, 1.807) is 18.2 Å². The predicted octanol–water partition coefficient (Wildman–Crippen LogP) is 4.44. The van der Waals surface area contributed by atoms with E-state index in [4.69, 9.17) is 4.74 Å². The van der Waals surface area contributed by atoms with Crippen molar-refractivity contribution < 1.29 is 22.7 Å². The summed E-state index contributed by atoms with van der Waals surface area (Å²) in [6.07, 6.45) is -1.70. The van der Waals surface area contributed by atoms with E-state index in [2.05, 4.69) is 4.90 Å². The van der Waals surface area contributed by atoms with E-state index in [9.17, 15) is 18.0 Å². The summed E-state index contributed by atoms with van der Waals surface area (Å²) in [5, 5.41) is 0. The summed E-state index contributed by atoms with van der Waals surface area (Å²) in [5.74, 6) is -0.252. The number of ether oxygens (including phenoxy) is 1. The van der Waals surface area contributed by atoms with Crippen LogP contribution in [-0.2, 0) is 10.9 Å². The van der Waals surface area contributed by atoms with Gasteiger partial charge < -0.3 is 9.64 Å². The van der Waals surface area contributed by atoms with Crippen LogP contribution in [0.4, 0.5) is 18.9 Å². The number of carbonyl (C=O) groups excluding carboxylic acids is 1. The lowest BCUT2D eigenvalue weighted by molar-refractivity contribution is -0.137. The van der Waals surface area contributed by atoms with E-state index in [1.165, 1.54) is 24.3 Å². The van der Waals surface area contributed by atoms with Gasteiger partial charge in [-0.15, -0.1) is 0 Å². The highest BCUT2D eigenvalue weighted by Crippen LogP contribution is 2.29. The molecule has 0 atom stereocenters. The first-order chi connectivity index (χ1) is 12.4. The van der Waals surface area contributed by atoms with Gasteiger partial charge in [0.05, 0.1) is 18.8 Å². The van der Waals surface area contributed by atoms with Crippen molar-refractivity contribution in [1.82, 2.24) is 0 Å². The van der Waals surface area contributed by atoms with Crippen molar-refractivity contribution in [3.8, 4) is 0 Å². The van der Waals surface area contributed by atoms with Crippen LogP contribution < -0.4 is 4.90 Å². The fourth-order valence-corrected chi connectivity index (χ4v) is 2.76. The van der Waals surface area contributed by atoms with E-state index >= 15 is 0 Å². The van der Waals surface area contributed by atoms with E-state index < -0.39 is 11.7 Å². The van der Waals surface area contributed by atoms with E-state index in [0.717, 1.165) is 30.9 Å². The Hall–Kier alpha value is -2.60.